The average Bonchev–Trinajstić information content (AvgIpc) is 2.50. The van der Waals surface area contributed by atoms with Crippen molar-refractivity contribution in [3.8, 4) is 0 Å². The number of ether oxygens (including phenoxy) is 2. The molecule has 2 N–H and O–H groups in total. The highest BCUT2D eigenvalue weighted by Gasteiger charge is 2.32. The lowest BCUT2D eigenvalue weighted by Crippen LogP contribution is -2.45. The zero-order valence-electron chi connectivity index (χ0n) is 13.0. The first-order chi connectivity index (χ1) is 11.0. The molecule has 1 aliphatic heterocycles. The maximum atomic E-state index is 12.4. The molecule has 124 valence electrons. The Labute approximate surface area is 143 Å². The van der Waals surface area contributed by atoms with Crippen LogP contribution in [0, 0.1) is 0 Å². The number of amides is 2. The Bertz CT molecular complexity index is 630. The summed E-state index contributed by atoms with van der Waals surface area (Å²) in [6.07, 6.45) is 0. The molecule has 1 aromatic carbocycles. The van der Waals surface area contributed by atoms with Gasteiger partial charge in [-0.15, -0.1) is 0 Å². The predicted octanol–water partition coefficient (Wildman–Crippen LogP) is 2.66. The van der Waals surface area contributed by atoms with Crippen LogP contribution in [0.3, 0.4) is 0 Å². The number of nitrogens with one attached hydrogen (secondary N) is 2. The number of carbonyl (C=O) groups excluding carboxylic acids is 2. The first-order valence-electron chi connectivity index (χ1n) is 7.31. The fraction of sp³-hybridized carbons (Fsp3) is 0.375. The van der Waals surface area contributed by atoms with E-state index in [1.807, 2.05) is 31.2 Å². The molecule has 0 fully saturated rings. The molecule has 1 atom stereocenters. The molecule has 0 radical (unpaired) electrons. The molecule has 2 rings (SSSR count). The van der Waals surface area contributed by atoms with Crippen molar-refractivity contribution in [2.75, 3.05) is 19.8 Å². The lowest BCUT2D eigenvalue weighted by Gasteiger charge is -2.28. The van der Waals surface area contributed by atoms with E-state index in [1.54, 1.807) is 6.92 Å². The Morgan fingerprint density at radius 1 is 1.35 bits per heavy atom. The molecule has 1 heterocycles. The van der Waals surface area contributed by atoms with Gasteiger partial charge in [0, 0.05) is 16.8 Å². The van der Waals surface area contributed by atoms with Crippen molar-refractivity contribution in [1.29, 1.82) is 0 Å². The van der Waals surface area contributed by atoms with E-state index < -0.39 is 12.0 Å². The Hall–Kier alpha value is -1.86. The largest absolute Gasteiger partial charge is 0.460 e. The topological polar surface area (TPSA) is 76.7 Å². The van der Waals surface area contributed by atoms with Crippen LogP contribution in [0.5, 0.6) is 0 Å². The summed E-state index contributed by atoms with van der Waals surface area (Å²) in [5.41, 5.74) is 1.67. The maximum Gasteiger partial charge on any atom is 0.338 e. The summed E-state index contributed by atoms with van der Waals surface area (Å²) in [7, 11) is 0. The second-order valence-electron chi connectivity index (χ2n) is 4.96. The van der Waals surface area contributed by atoms with Gasteiger partial charge in [0.15, 0.2) is 0 Å². The summed E-state index contributed by atoms with van der Waals surface area (Å²) in [4.78, 5) is 24.2. The van der Waals surface area contributed by atoms with Gasteiger partial charge in [-0.3, -0.25) is 0 Å². The molecule has 1 aromatic rings. The zero-order valence-corrected chi connectivity index (χ0v) is 14.6. The van der Waals surface area contributed by atoms with E-state index >= 15 is 0 Å². The number of hydrogen-bond donors (Lipinski definition) is 2. The first kappa shape index (κ1) is 17.5. The van der Waals surface area contributed by atoms with E-state index in [0.717, 1.165) is 10.0 Å². The number of rotatable bonds is 6. The minimum absolute atomic E-state index is 0.169. The number of halogens is 1. The number of allylic oxidation sites excluding steroid dienone is 1. The second-order valence-corrected chi connectivity index (χ2v) is 5.87. The first-order valence-corrected chi connectivity index (χ1v) is 8.10. The standard InChI is InChI=1S/C16H19BrN2O4/c1-3-22-7-8-23-15(20)13-10(2)18-16(21)19-14(13)11-5-4-6-12(17)9-11/h4-6,9,14H,3,7-8H2,1-2H3,(H2,18,19,21)/t14-/m1/s1. The third kappa shape index (κ3) is 4.56. The average molecular weight is 383 g/mol. The van der Waals surface area contributed by atoms with Crippen LogP contribution >= 0.6 is 15.9 Å². The van der Waals surface area contributed by atoms with Crippen molar-refractivity contribution in [3.05, 3.63) is 45.6 Å². The van der Waals surface area contributed by atoms with Crippen molar-refractivity contribution in [1.82, 2.24) is 10.6 Å². The summed E-state index contributed by atoms with van der Waals surface area (Å²) in [6, 6.07) is 6.53. The molecule has 0 saturated heterocycles. The molecule has 0 aliphatic carbocycles. The maximum absolute atomic E-state index is 12.4. The molecule has 0 spiro atoms. The van der Waals surface area contributed by atoms with Gasteiger partial charge in [0.25, 0.3) is 0 Å². The van der Waals surface area contributed by atoms with Gasteiger partial charge in [-0.05, 0) is 31.5 Å². The number of carbonyl (C=O) groups is 2. The normalized spacial score (nSPS) is 17.5. The highest BCUT2D eigenvalue weighted by Crippen LogP contribution is 2.29. The lowest BCUT2D eigenvalue weighted by atomic mass is 9.96. The molecule has 0 bridgehead atoms. The number of benzene rings is 1. The van der Waals surface area contributed by atoms with Crippen LogP contribution in [0.2, 0.25) is 0 Å². The molecule has 0 saturated carbocycles. The van der Waals surface area contributed by atoms with Gasteiger partial charge in [0.05, 0.1) is 18.2 Å². The highest BCUT2D eigenvalue weighted by atomic mass is 79.9. The fourth-order valence-electron chi connectivity index (χ4n) is 2.32. The molecule has 1 aliphatic rings. The summed E-state index contributed by atoms with van der Waals surface area (Å²) in [5, 5.41) is 5.37. The van der Waals surface area contributed by atoms with Crippen LogP contribution in [-0.2, 0) is 14.3 Å². The van der Waals surface area contributed by atoms with Crippen LogP contribution in [0.1, 0.15) is 25.5 Å². The van der Waals surface area contributed by atoms with Crippen molar-refractivity contribution < 1.29 is 19.1 Å². The van der Waals surface area contributed by atoms with Gasteiger partial charge in [-0.1, -0.05) is 28.1 Å². The van der Waals surface area contributed by atoms with Gasteiger partial charge in [-0.2, -0.15) is 0 Å². The molecular weight excluding hydrogens is 364 g/mol. The molecule has 0 unspecified atom stereocenters. The van der Waals surface area contributed by atoms with Crippen molar-refractivity contribution in [2.24, 2.45) is 0 Å². The quantitative estimate of drug-likeness (QED) is 0.585. The molecule has 23 heavy (non-hydrogen) atoms. The van der Waals surface area contributed by atoms with Crippen LogP contribution in [0.15, 0.2) is 40.0 Å². The van der Waals surface area contributed by atoms with Crippen LogP contribution in [-0.4, -0.2) is 31.8 Å². The van der Waals surface area contributed by atoms with Crippen molar-refractivity contribution in [2.45, 2.75) is 19.9 Å². The molecule has 2 amide bonds. The predicted molar refractivity (Wildman–Crippen MR) is 88.7 cm³/mol. The van der Waals surface area contributed by atoms with Gasteiger partial charge in [0.1, 0.15) is 6.61 Å². The number of urea groups is 1. The molecule has 0 aromatic heterocycles. The van der Waals surface area contributed by atoms with Crippen molar-refractivity contribution in [3.63, 3.8) is 0 Å². The summed E-state index contributed by atoms with van der Waals surface area (Å²) in [6.45, 7) is 4.64. The van der Waals surface area contributed by atoms with E-state index in [0.29, 0.717) is 24.5 Å². The van der Waals surface area contributed by atoms with Crippen molar-refractivity contribution >= 4 is 27.9 Å². The highest BCUT2D eigenvalue weighted by molar-refractivity contribution is 9.10. The second kappa shape index (κ2) is 8.12. The third-order valence-electron chi connectivity index (χ3n) is 3.34. The van der Waals surface area contributed by atoms with E-state index in [4.69, 9.17) is 9.47 Å². The Kier molecular flexibility index (Phi) is 6.18. The third-order valence-corrected chi connectivity index (χ3v) is 3.83. The van der Waals surface area contributed by atoms with E-state index in [-0.39, 0.29) is 12.6 Å². The summed E-state index contributed by atoms with van der Waals surface area (Å²) < 4.78 is 11.3. The lowest BCUT2D eigenvalue weighted by molar-refractivity contribution is -0.141. The monoisotopic (exact) mass is 382 g/mol. The summed E-state index contributed by atoms with van der Waals surface area (Å²) >= 11 is 3.40. The minimum atomic E-state index is -0.555. The van der Waals surface area contributed by atoms with Gasteiger partial charge >= 0.3 is 12.0 Å². The van der Waals surface area contributed by atoms with Crippen LogP contribution < -0.4 is 10.6 Å². The molecular formula is C16H19BrN2O4. The van der Waals surface area contributed by atoms with Crippen LogP contribution in [0.4, 0.5) is 4.79 Å². The number of esters is 1. The Balaban J connectivity index is 2.22. The van der Waals surface area contributed by atoms with Gasteiger partial charge in [0.2, 0.25) is 0 Å². The zero-order chi connectivity index (χ0) is 16.8. The Morgan fingerprint density at radius 3 is 2.83 bits per heavy atom. The van der Waals surface area contributed by atoms with Crippen LogP contribution in [0.25, 0.3) is 0 Å². The number of hydrogen-bond acceptors (Lipinski definition) is 4. The SMILES string of the molecule is CCOCCOC(=O)C1=C(C)NC(=O)N[C@@H]1c1cccc(Br)c1. The Morgan fingerprint density at radius 2 is 2.13 bits per heavy atom. The minimum Gasteiger partial charge on any atom is -0.460 e. The molecule has 6 nitrogen and oxygen atoms in total. The van der Waals surface area contributed by atoms with Gasteiger partial charge in [-0.25, -0.2) is 9.59 Å². The van der Waals surface area contributed by atoms with E-state index in [2.05, 4.69) is 26.6 Å². The van der Waals surface area contributed by atoms with E-state index in [1.165, 1.54) is 0 Å². The van der Waals surface area contributed by atoms with Gasteiger partial charge < -0.3 is 20.1 Å². The smallest absolute Gasteiger partial charge is 0.338 e. The summed E-state index contributed by atoms with van der Waals surface area (Å²) in [5.74, 6) is -0.473. The van der Waals surface area contributed by atoms with E-state index in [9.17, 15) is 9.59 Å². The fourth-order valence-corrected chi connectivity index (χ4v) is 2.73. The molecule has 7 heteroatoms.